The first-order valence-electron chi connectivity index (χ1n) is 6.97. The molecular weight excluding hydrogens is 326 g/mol. The van der Waals surface area contributed by atoms with E-state index in [1.54, 1.807) is 24.3 Å². The topological polar surface area (TPSA) is 101 Å². The monoisotopic (exact) mass is 347 g/mol. The molecule has 1 aromatic rings. The highest BCUT2D eigenvalue weighted by Gasteiger charge is 2.25. The maximum absolute atomic E-state index is 12.0. The van der Waals surface area contributed by atoms with Gasteiger partial charge in [-0.2, -0.15) is 0 Å². The maximum Gasteiger partial charge on any atom is 0.229 e. The van der Waals surface area contributed by atoms with E-state index in [-0.39, 0.29) is 30.3 Å². The lowest BCUT2D eigenvalue weighted by atomic mass is 10.00. The summed E-state index contributed by atoms with van der Waals surface area (Å²) in [4.78, 5) is 12.0. The minimum Gasteiger partial charge on any atom is -0.327 e. The van der Waals surface area contributed by atoms with Gasteiger partial charge >= 0.3 is 0 Å². The summed E-state index contributed by atoms with van der Waals surface area (Å²) in [6, 6.07) is 6.73. The molecule has 1 aromatic carbocycles. The average molecular weight is 348 g/mol. The van der Waals surface area contributed by atoms with Crippen molar-refractivity contribution in [2.24, 2.45) is 11.7 Å². The average Bonchev–Trinajstić information content (AvgIpc) is 2.73. The van der Waals surface area contributed by atoms with Gasteiger partial charge in [0.15, 0.2) is 0 Å². The highest BCUT2D eigenvalue weighted by Crippen LogP contribution is 2.27. The number of carbonyl (C=O) groups is 1. The Morgan fingerprint density at radius 1 is 1.32 bits per heavy atom. The van der Waals surface area contributed by atoms with Crippen LogP contribution >= 0.6 is 12.4 Å². The highest BCUT2D eigenvalue weighted by atomic mass is 35.5. The van der Waals surface area contributed by atoms with Crippen molar-refractivity contribution in [1.29, 1.82) is 0 Å². The molecule has 1 aliphatic rings. The second kappa shape index (κ2) is 7.80. The van der Waals surface area contributed by atoms with Crippen LogP contribution in [-0.4, -0.2) is 26.6 Å². The van der Waals surface area contributed by atoms with Crippen molar-refractivity contribution in [2.45, 2.75) is 31.7 Å². The fourth-order valence-corrected chi connectivity index (χ4v) is 3.20. The summed E-state index contributed by atoms with van der Waals surface area (Å²) in [5.41, 5.74) is 6.95. The van der Waals surface area contributed by atoms with Crippen molar-refractivity contribution in [3.8, 4) is 0 Å². The zero-order valence-corrected chi connectivity index (χ0v) is 14.0. The standard InChI is InChI=1S/C14H21N3O3S.ClH/c1-21(19,20)17-12-6-3-5-11(9-12)16-14(18)8-10-4-2-7-13(10)15;/h3,5-6,9-10,13,17H,2,4,7-8,15H2,1H3,(H,16,18);1H/t10-,13+;/m0./s1. The fourth-order valence-electron chi connectivity index (χ4n) is 2.64. The van der Waals surface area contributed by atoms with Gasteiger partial charge in [-0.1, -0.05) is 12.5 Å². The van der Waals surface area contributed by atoms with E-state index in [4.69, 9.17) is 5.73 Å². The summed E-state index contributed by atoms with van der Waals surface area (Å²) < 4.78 is 24.8. The summed E-state index contributed by atoms with van der Waals surface area (Å²) in [6.07, 6.45) is 4.54. The lowest BCUT2D eigenvalue weighted by Crippen LogP contribution is -2.28. The van der Waals surface area contributed by atoms with E-state index in [2.05, 4.69) is 10.0 Å². The summed E-state index contributed by atoms with van der Waals surface area (Å²) in [5, 5.41) is 2.79. The molecule has 6 nitrogen and oxygen atoms in total. The predicted octanol–water partition coefficient (Wildman–Crippen LogP) is 1.94. The minimum atomic E-state index is -3.33. The second-order valence-corrected chi connectivity index (χ2v) is 7.31. The molecule has 1 aliphatic carbocycles. The Morgan fingerprint density at radius 2 is 2.00 bits per heavy atom. The van der Waals surface area contributed by atoms with Crippen molar-refractivity contribution in [1.82, 2.24) is 0 Å². The van der Waals surface area contributed by atoms with Crippen molar-refractivity contribution >= 4 is 39.7 Å². The Hall–Kier alpha value is -1.31. The third-order valence-electron chi connectivity index (χ3n) is 3.62. The maximum atomic E-state index is 12.0. The first-order valence-corrected chi connectivity index (χ1v) is 8.86. The predicted molar refractivity (Wildman–Crippen MR) is 90.7 cm³/mol. The van der Waals surface area contributed by atoms with E-state index in [9.17, 15) is 13.2 Å². The van der Waals surface area contributed by atoms with Gasteiger partial charge in [-0.3, -0.25) is 9.52 Å². The smallest absolute Gasteiger partial charge is 0.229 e. The second-order valence-electron chi connectivity index (χ2n) is 5.56. The van der Waals surface area contributed by atoms with Gasteiger partial charge in [-0.25, -0.2) is 8.42 Å². The van der Waals surface area contributed by atoms with E-state index in [1.807, 2.05) is 0 Å². The third kappa shape index (κ3) is 5.82. The lowest BCUT2D eigenvalue weighted by molar-refractivity contribution is -0.117. The fraction of sp³-hybridized carbons (Fsp3) is 0.500. The van der Waals surface area contributed by atoms with Crippen LogP contribution in [0.2, 0.25) is 0 Å². The number of rotatable bonds is 5. The molecule has 0 aromatic heterocycles. The van der Waals surface area contributed by atoms with Crippen LogP contribution in [0.3, 0.4) is 0 Å². The molecule has 0 aliphatic heterocycles. The number of hydrogen-bond acceptors (Lipinski definition) is 4. The largest absolute Gasteiger partial charge is 0.327 e. The molecule has 1 fully saturated rings. The van der Waals surface area contributed by atoms with Crippen LogP contribution in [0.4, 0.5) is 11.4 Å². The number of hydrogen-bond donors (Lipinski definition) is 3. The summed E-state index contributed by atoms with van der Waals surface area (Å²) in [7, 11) is -3.33. The molecule has 0 saturated heterocycles. The summed E-state index contributed by atoms with van der Waals surface area (Å²) >= 11 is 0. The summed E-state index contributed by atoms with van der Waals surface area (Å²) in [5.74, 6) is 0.149. The number of carbonyl (C=O) groups excluding carboxylic acids is 1. The van der Waals surface area contributed by atoms with Gasteiger partial charge in [0.1, 0.15) is 0 Å². The lowest BCUT2D eigenvalue weighted by Gasteiger charge is -2.15. The van der Waals surface area contributed by atoms with E-state index >= 15 is 0 Å². The zero-order valence-electron chi connectivity index (χ0n) is 12.4. The number of nitrogens with two attached hydrogens (primary N) is 1. The van der Waals surface area contributed by atoms with Crippen LogP contribution in [0.5, 0.6) is 0 Å². The summed E-state index contributed by atoms with van der Waals surface area (Å²) in [6.45, 7) is 0. The normalized spacial score (nSPS) is 21.0. The van der Waals surface area contributed by atoms with Crippen molar-refractivity contribution in [2.75, 3.05) is 16.3 Å². The van der Waals surface area contributed by atoms with Gasteiger partial charge in [-0.15, -0.1) is 12.4 Å². The van der Waals surface area contributed by atoms with Gasteiger partial charge in [0.05, 0.1) is 11.9 Å². The van der Waals surface area contributed by atoms with Crippen LogP contribution in [-0.2, 0) is 14.8 Å². The Labute approximate surface area is 137 Å². The van der Waals surface area contributed by atoms with Gasteiger partial charge in [-0.05, 0) is 37.0 Å². The van der Waals surface area contributed by atoms with E-state index in [0.717, 1.165) is 25.5 Å². The zero-order chi connectivity index (χ0) is 15.5. The van der Waals surface area contributed by atoms with Crippen LogP contribution in [0.15, 0.2) is 24.3 Å². The van der Waals surface area contributed by atoms with Crippen LogP contribution < -0.4 is 15.8 Å². The first kappa shape index (κ1) is 18.7. The molecule has 0 spiro atoms. The number of halogens is 1. The molecule has 2 atom stereocenters. The number of amides is 1. The van der Waals surface area contributed by atoms with E-state index < -0.39 is 10.0 Å². The molecule has 0 radical (unpaired) electrons. The number of benzene rings is 1. The Balaban J connectivity index is 0.00000242. The Kier molecular flexibility index (Phi) is 6.65. The number of nitrogens with one attached hydrogen (secondary N) is 2. The molecule has 1 amide bonds. The Bertz CT molecular complexity index is 622. The van der Waals surface area contributed by atoms with Crippen LogP contribution in [0.1, 0.15) is 25.7 Å². The van der Waals surface area contributed by atoms with E-state index in [0.29, 0.717) is 17.8 Å². The molecule has 0 bridgehead atoms. The molecule has 8 heteroatoms. The van der Waals surface area contributed by atoms with Crippen LogP contribution in [0, 0.1) is 5.92 Å². The molecule has 0 heterocycles. The quantitative estimate of drug-likeness (QED) is 0.757. The van der Waals surface area contributed by atoms with E-state index in [1.165, 1.54) is 0 Å². The van der Waals surface area contributed by atoms with Gasteiger partial charge in [0.25, 0.3) is 0 Å². The molecule has 4 N–H and O–H groups in total. The van der Waals surface area contributed by atoms with Gasteiger partial charge in [0, 0.05) is 18.2 Å². The van der Waals surface area contributed by atoms with Crippen molar-refractivity contribution in [3.05, 3.63) is 24.3 Å². The third-order valence-corrected chi connectivity index (χ3v) is 4.22. The molecule has 2 rings (SSSR count). The number of anilines is 2. The van der Waals surface area contributed by atoms with Gasteiger partial charge < -0.3 is 11.1 Å². The van der Waals surface area contributed by atoms with Gasteiger partial charge in [0.2, 0.25) is 15.9 Å². The van der Waals surface area contributed by atoms with Crippen molar-refractivity contribution in [3.63, 3.8) is 0 Å². The molecule has 124 valence electrons. The SMILES string of the molecule is CS(=O)(=O)Nc1cccc(NC(=O)C[C@@H]2CCC[C@H]2N)c1.Cl. The Morgan fingerprint density at radius 3 is 2.59 bits per heavy atom. The molecule has 0 unspecified atom stereocenters. The van der Waals surface area contributed by atoms with Crippen molar-refractivity contribution < 1.29 is 13.2 Å². The molecule has 22 heavy (non-hydrogen) atoms. The molecular formula is C14H22ClN3O3S. The first-order chi connectivity index (χ1) is 9.83. The molecule has 1 saturated carbocycles. The minimum absolute atomic E-state index is 0. The number of sulfonamides is 1. The van der Waals surface area contributed by atoms with Crippen LogP contribution in [0.25, 0.3) is 0 Å². The highest BCUT2D eigenvalue weighted by molar-refractivity contribution is 7.92.